The zero-order chi connectivity index (χ0) is 10.4. The first-order valence-electron chi connectivity index (χ1n) is 6.21. The number of nitrogens with two attached hydrogens (primary N) is 1. The third-order valence-corrected chi connectivity index (χ3v) is 3.41. The largest absolute Gasteiger partial charge is 0.324 e. The summed E-state index contributed by atoms with van der Waals surface area (Å²) in [5.74, 6) is 0. The minimum Gasteiger partial charge on any atom is -0.324 e. The normalized spacial score (nSPS) is 20.6. The van der Waals surface area contributed by atoms with Crippen LogP contribution in [-0.2, 0) is 0 Å². The second-order valence-electron chi connectivity index (χ2n) is 4.79. The molecule has 0 bridgehead atoms. The van der Waals surface area contributed by atoms with Gasteiger partial charge in [0.2, 0.25) is 0 Å². The van der Waals surface area contributed by atoms with Crippen molar-refractivity contribution in [1.29, 1.82) is 0 Å². The third-order valence-electron chi connectivity index (χ3n) is 3.41. The summed E-state index contributed by atoms with van der Waals surface area (Å²) in [5.41, 5.74) is 6.51. The molecule has 1 fully saturated rings. The van der Waals surface area contributed by atoms with E-state index in [9.17, 15) is 0 Å². The zero-order valence-corrected chi connectivity index (χ0v) is 9.89. The van der Waals surface area contributed by atoms with E-state index in [0.29, 0.717) is 0 Å². The van der Waals surface area contributed by atoms with Crippen LogP contribution in [0.2, 0.25) is 0 Å². The lowest BCUT2D eigenvalue weighted by Gasteiger charge is -2.31. The first-order valence-corrected chi connectivity index (χ1v) is 6.21. The minimum absolute atomic E-state index is 0.143. The van der Waals surface area contributed by atoms with E-state index in [2.05, 4.69) is 18.7 Å². The number of unbranched alkanes of at least 4 members (excludes halogenated alkanes) is 1. The van der Waals surface area contributed by atoms with Crippen LogP contribution in [0.1, 0.15) is 52.4 Å². The van der Waals surface area contributed by atoms with Crippen molar-refractivity contribution in [3.63, 3.8) is 0 Å². The van der Waals surface area contributed by atoms with Crippen molar-refractivity contribution in [3.8, 4) is 0 Å². The molecule has 0 aromatic rings. The van der Waals surface area contributed by atoms with Gasteiger partial charge in [-0.3, -0.25) is 0 Å². The summed E-state index contributed by atoms with van der Waals surface area (Å²) in [6.45, 7) is 7.99. The van der Waals surface area contributed by atoms with E-state index in [4.69, 9.17) is 5.73 Å². The number of nitrogens with zero attached hydrogens (tertiary/aromatic N) is 1. The molecule has 2 N–H and O–H groups in total. The lowest BCUT2D eigenvalue weighted by Crippen LogP contribution is -2.48. The quantitative estimate of drug-likeness (QED) is 0.710. The molecule has 0 spiro atoms. The maximum atomic E-state index is 6.37. The van der Waals surface area contributed by atoms with E-state index >= 15 is 0 Å². The fourth-order valence-corrected chi connectivity index (χ4v) is 2.41. The lowest BCUT2D eigenvalue weighted by atomic mass is 9.98. The van der Waals surface area contributed by atoms with Crippen LogP contribution in [0.25, 0.3) is 0 Å². The Morgan fingerprint density at radius 1 is 1.21 bits per heavy atom. The van der Waals surface area contributed by atoms with Crippen LogP contribution in [0.4, 0.5) is 0 Å². The van der Waals surface area contributed by atoms with Gasteiger partial charge in [-0.2, -0.15) is 0 Å². The predicted molar refractivity (Wildman–Crippen MR) is 62.4 cm³/mol. The fourth-order valence-electron chi connectivity index (χ4n) is 2.41. The molecule has 1 saturated carbocycles. The predicted octanol–water partition coefficient (Wildman–Crippen LogP) is 2.38. The molecule has 0 aromatic carbocycles. The molecule has 14 heavy (non-hydrogen) atoms. The van der Waals surface area contributed by atoms with Gasteiger partial charge in [0.25, 0.3) is 0 Å². The van der Waals surface area contributed by atoms with Gasteiger partial charge in [-0.05, 0) is 32.4 Å². The first kappa shape index (κ1) is 12.0. The average molecular weight is 198 g/mol. The van der Waals surface area contributed by atoms with Crippen LogP contribution < -0.4 is 5.73 Å². The van der Waals surface area contributed by atoms with Gasteiger partial charge in [0.1, 0.15) is 0 Å². The molecule has 0 saturated heterocycles. The van der Waals surface area contributed by atoms with E-state index in [1.807, 2.05) is 0 Å². The molecule has 0 aromatic heterocycles. The monoisotopic (exact) mass is 198 g/mol. The molecule has 1 rings (SSSR count). The number of hydrogen-bond donors (Lipinski definition) is 1. The van der Waals surface area contributed by atoms with Gasteiger partial charge in [-0.25, -0.2) is 0 Å². The molecule has 0 heterocycles. The maximum Gasteiger partial charge on any atom is 0.0283 e. The molecule has 84 valence electrons. The Balaban J connectivity index is 2.30. The van der Waals surface area contributed by atoms with E-state index in [-0.39, 0.29) is 5.54 Å². The smallest absolute Gasteiger partial charge is 0.0283 e. The summed E-state index contributed by atoms with van der Waals surface area (Å²) in [4.78, 5) is 2.52. The second kappa shape index (κ2) is 5.72. The highest BCUT2D eigenvalue weighted by Crippen LogP contribution is 2.27. The molecule has 0 aliphatic heterocycles. The number of likely N-dealkylation sites (N-methyl/N-ethyl adjacent to an activating group) is 1. The van der Waals surface area contributed by atoms with Crippen LogP contribution in [-0.4, -0.2) is 30.1 Å². The molecule has 2 heteroatoms. The molecular formula is C12H26N2. The Hall–Kier alpha value is -0.0800. The number of rotatable bonds is 6. The molecule has 0 radical (unpaired) electrons. The Morgan fingerprint density at radius 3 is 2.36 bits per heavy atom. The van der Waals surface area contributed by atoms with Crippen molar-refractivity contribution in [2.24, 2.45) is 5.73 Å². The van der Waals surface area contributed by atoms with E-state index in [1.165, 1.54) is 45.1 Å². The highest BCUT2D eigenvalue weighted by molar-refractivity contribution is 4.91. The maximum absolute atomic E-state index is 6.37. The van der Waals surface area contributed by atoms with Crippen molar-refractivity contribution in [3.05, 3.63) is 0 Å². The van der Waals surface area contributed by atoms with Crippen molar-refractivity contribution < 1.29 is 0 Å². The highest BCUT2D eigenvalue weighted by atomic mass is 15.1. The highest BCUT2D eigenvalue weighted by Gasteiger charge is 2.30. The van der Waals surface area contributed by atoms with E-state index in [0.717, 1.165) is 13.1 Å². The van der Waals surface area contributed by atoms with Crippen molar-refractivity contribution >= 4 is 0 Å². The summed E-state index contributed by atoms with van der Waals surface area (Å²) in [5, 5.41) is 0. The molecule has 0 unspecified atom stereocenters. The summed E-state index contributed by atoms with van der Waals surface area (Å²) in [6.07, 6.45) is 7.73. The first-order chi connectivity index (χ1) is 6.70. The molecule has 1 aliphatic carbocycles. The Bertz CT molecular complexity index is 150. The summed E-state index contributed by atoms with van der Waals surface area (Å²) < 4.78 is 0. The van der Waals surface area contributed by atoms with Gasteiger partial charge in [-0.1, -0.05) is 33.1 Å². The van der Waals surface area contributed by atoms with Gasteiger partial charge in [-0.15, -0.1) is 0 Å². The zero-order valence-electron chi connectivity index (χ0n) is 9.89. The molecule has 2 nitrogen and oxygen atoms in total. The molecular weight excluding hydrogens is 172 g/mol. The molecule has 0 atom stereocenters. The summed E-state index contributed by atoms with van der Waals surface area (Å²) >= 11 is 0. The van der Waals surface area contributed by atoms with Crippen molar-refractivity contribution in [1.82, 2.24) is 4.90 Å². The van der Waals surface area contributed by atoms with Crippen LogP contribution in [0.15, 0.2) is 0 Å². The average Bonchev–Trinajstić information content (AvgIpc) is 2.60. The van der Waals surface area contributed by atoms with Crippen LogP contribution in [0.3, 0.4) is 0 Å². The second-order valence-corrected chi connectivity index (χ2v) is 4.79. The fraction of sp³-hybridized carbons (Fsp3) is 1.00. The third kappa shape index (κ3) is 3.58. The van der Waals surface area contributed by atoms with Crippen molar-refractivity contribution in [2.45, 2.75) is 57.9 Å². The van der Waals surface area contributed by atoms with E-state index in [1.54, 1.807) is 0 Å². The number of hydrogen-bond acceptors (Lipinski definition) is 2. The van der Waals surface area contributed by atoms with Gasteiger partial charge in [0.05, 0.1) is 0 Å². The van der Waals surface area contributed by atoms with Crippen molar-refractivity contribution in [2.75, 3.05) is 19.6 Å². The Morgan fingerprint density at radius 2 is 1.86 bits per heavy atom. The van der Waals surface area contributed by atoms with Gasteiger partial charge < -0.3 is 10.6 Å². The minimum atomic E-state index is 0.143. The lowest BCUT2D eigenvalue weighted by molar-refractivity contribution is 0.215. The molecule has 1 aliphatic rings. The topological polar surface area (TPSA) is 29.3 Å². The van der Waals surface area contributed by atoms with E-state index < -0.39 is 0 Å². The summed E-state index contributed by atoms with van der Waals surface area (Å²) in [6, 6.07) is 0. The SMILES string of the molecule is CCCCN(CC)CC1(N)CCCC1. The van der Waals surface area contributed by atoms with Crippen LogP contribution in [0, 0.1) is 0 Å². The van der Waals surface area contributed by atoms with Gasteiger partial charge in [0.15, 0.2) is 0 Å². The molecule has 0 amide bonds. The standard InChI is InChI=1S/C12H26N2/c1-3-5-10-14(4-2)11-12(13)8-6-7-9-12/h3-11,13H2,1-2H3. The van der Waals surface area contributed by atoms with Crippen LogP contribution in [0.5, 0.6) is 0 Å². The Kier molecular flexibility index (Phi) is 4.90. The van der Waals surface area contributed by atoms with Gasteiger partial charge in [0, 0.05) is 12.1 Å². The van der Waals surface area contributed by atoms with Crippen LogP contribution >= 0.6 is 0 Å². The van der Waals surface area contributed by atoms with Gasteiger partial charge >= 0.3 is 0 Å². The summed E-state index contributed by atoms with van der Waals surface area (Å²) in [7, 11) is 0. The Labute approximate surface area is 88.8 Å².